The van der Waals surface area contributed by atoms with Gasteiger partial charge in [0.15, 0.2) is 0 Å². The highest BCUT2D eigenvalue weighted by atomic mass is 16.2. The van der Waals surface area contributed by atoms with E-state index in [1.165, 1.54) is 6.08 Å². The van der Waals surface area contributed by atoms with Crippen molar-refractivity contribution < 1.29 is 14.4 Å². The average Bonchev–Trinajstić information content (AvgIpc) is 3.23. The van der Waals surface area contributed by atoms with Gasteiger partial charge in [-0.25, -0.2) is 0 Å². The molecule has 0 atom stereocenters. The molecule has 0 aromatic heterocycles. The lowest BCUT2D eigenvalue weighted by atomic mass is 9.95. The molecule has 6 nitrogen and oxygen atoms in total. The molecule has 6 heteroatoms. The van der Waals surface area contributed by atoms with E-state index in [0.717, 1.165) is 44.3 Å². The number of nitrogens with one attached hydrogen (secondary N) is 1. The molecule has 0 saturated carbocycles. The summed E-state index contributed by atoms with van der Waals surface area (Å²) in [7, 11) is 0. The van der Waals surface area contributed by atoms with Gasteiger partial charge in [-0.3, -0.25) is 14.4 Å². The van der Waals surface area contributed by atoms with Gasteiger partial charge in [-0.2, -0.15) is 0 Å². The summed E-state index contributed by atoms with van der Waals surface area (Å²) in [5.74, 6) is 0.0434. The van der Waals surface area contributed by atoms with Crippen LogP contribution in [0.4, 0.5) is 5.69 Å². The Labute approximate surface area is 160 Å². The molecule has 1 aromatic carbocycles. The van der Waals surface area contributed by atoms with Crippen LogP contribution in [-0.2, 0) is 20.8 Å². The minimum absolute atomic E-state index is 0.0300. The normalized spacial score (nSPS) is 17.6. The molecule has 2 aliphatic rings. The molecule has 1 N–H and O–H groups in total. The Hall–Kier alpha value is -2.63. The number of rotatable bonds is 5. The highest BCUT2D eigenvalue weighted by molar-refractivity contribution is 5.99. The van der Waals surface area contributed by atoms with Crippen molar-refractivity contribution in [3.05, 3.63) is 42.5 Å². The van der Waals surface area contributed by atoms with Crippen molar-refractivity contribution in [3.63, 3.8) is 0 Å². The van der Waals surface area contributed by atoms with Crippen LogP contribution in [-0.4, -0.2) is 53.7 Å². The summed E-state index contributed by atoms with van der Waals surface area (Å²) in [5, 5.41) is 2.74. The summed E-state index contributed by atoms with van der Waals surface area (Å²) in [6, 6.07) is 7.31. The van der Waals surface area contributed by atoms with Gasteiger partial charge in [0.2, 0.25) is 17.7 Å². The summed E-state index contributed by atoms with van der Waals surface area (Å²) in [5.41, 5.74) is 1.42. The second kappa shape index (κ2) is 8.84. The molecule has 3 amide bonds. The van der Waals surface area contributed by atoms with E-state index in [-0.39, 0.29) is 30.1 Å². The van der Waals surface area contributed by atoms with Crippen molar-refractivity contribution in [1.82, 2.24) is 9.80 Å². The van der Waals surface area contributed by atoms with Crippen LogP contribution in [0.2, 0.25) is 0 Å². The van der Waals surface area contributed by atoms with Gasteiger partial charge in [-0.05, 0) is 43.4 Å². The van der Waals surface area contributed by atoms with E-state index < -0.39 is 0 Å². The van der Waals surface area contributed by atoms with Gasteiger partial charge < -0.3 is 15.1 Å². The zero-order valence-electron chi connectivity index (χ0n) is 15.7. The van der Waals surface area contributed by atoms with Gasteiger partial charge in [0.1, 0.15) is 0 Å². The summed E-state index contributed by atoms with van der Waals surface area (Å²) < 4.78 is 0. The van der Waals surface area contributed by atoms with Gasteiger partial charge in [0, 0.05) is 37.8 Å². The zero-order chi connectivity index (χ0) is 19.2. The van der Waals surface area contributed by atoms with Crippen LogP contribution >= 0.6 is 0 Å². The third-order valence-corrected chi connectivity index (χ3v) is 5.42. The van der Waals surface area contributed by atoms with Crippen LogP contribution in [0.25, 0.3) is 0 Å². The minimum atomic E-state index is -0.295. The van der Waals surface area contributed by atoms with Gasteiger partial charge >= 0.3 is 0 Å². The Kier molecular flexibility index (Phi) is 6.27. The Morgan fingerprint density at radius 1 is 1.04 bits per heavy atom. The Balaban J connectivity index is 1.55. The van der Waals surface area contributed by atoms with Crippen molar-refractivity contribution in [1.29, 1.82) is 0 Å². The smallest absolute Gasteiger partial charge is 0.247 e. The van der Waals surface area contributed by atoms with Gasteiger partial charge in [0.05, 0.1) is 6.42 Å². The van der Waals surface area contributed by atoms with E-state index >= 15 is 0 Å². The van der Waals surface area contributed by atoms with Crippen LogP contribution < -0.4 is 5.32 Å². The topological polar surface area (TPSA) is 69.7 Å². The van der Waals surface area contributed by atoms with E-state index in [4.69, 9.17) is 0 Å². The predicted molar refractivity (Wildman–Crippen MR) is 104 cm³/mol. The Morgan fingerprint density at radius 3 is 2.37 bits per heavy atom. The summed E-state index contributed by atoms with van der Waals surface area (Å²) in [4.78, 5) is 40.6. The first-order chi connectivity index (χ1) is 13.1. The van der Waals surface area contributed by atoms with E-state index in [1.807, 2.05) is 28.0 Å². The molecular weight excluding hydrogens is 342 g/mol. The van der Waals surface area contributed by atoms with Crippen LogP contribution in [0.3, 0.4) is 0 Å². The summed E-state index contributed by atoms with van der Waals surface area (Å²) >= 11 is 0. The standard InChI is InChI=1S/C21H27N3O3/c1-2-19(25)22-18-8-4-3-7-17(18)15-20(26)23-13-9-16(10-14-23)21(27)24-11-5-6-12-24/h2-4,7-8,16H,1,5-6,9-15H2,(H,22,25). The fourth-order valence-electron chi connectivity index (χ4n) is 3.83. The third kappa shape index (κ3) is 4.76. The Morgan fingerprint density at radius 2 is 1.70 bits per heavy atom. The number of para-hydroxylation sites is 1. The number of benzene rings is 1. The lowest BCUT2D eigenvalue weighted by molar-refractivity contribution is -0.139. The fraction of sp³-hybridized carbons (Fsp3) is 0.476. The monoisotopic (exact) mass is 369 g/mol. The molecule has 1 aromatic rings. The molecule has 0 radical (unpaired) electrons. The van der Waals surface area contributed by atoms with Crippen LogP contribution in [0, 0.1) is 5.92 Å². The maximum absolute atomic E-state index is 12.7. The molecule has 0 unspecified atom stereocenters. The highest BCUT2D eigenvalue weighted by Crippen LogP contribution is 2.23. The molecule has 27 heavy (non-hydrogen) atoms. The number of likely N-dealkylation sites (tertiary alicyclic amines) is 2. The number of anilines is 1. The number of piperidine rings is 1. The second-order valence-corrected chi connectivity index (χ2v) is 7.21. The fourth-order valence-corrected chi connectivity index (χ4v) is 3.83. The molecule has 2 fully saturated rings. The van der Waals surface area contributed by atoms with Crippen molar-refractivity contribution in [3.8, 4) is 0 Å². The number of carbonyl (C=O) groups is 3. The molecule has 0 spiro atoms. The van der Waals surface area contributed by atoms with Gasteiger partial charge in [0.25, 0.3) is 0 Å². The van der Waals surface area contributed by atoms with E-state index in [1.54, 1.807) is 6.07 Å². The van der Waals surface area contributed by atoms with Gasteiger partial charge in [-0.15, -0.1) is 0 Å². The average molecular weight is 369 g/mol. The molecular formula is C21H27N3O3. The summed E-state index contributed by atoms with van der Waals surface area (Å²) in [6.07, 6.45) is 5.11. The van der Waals surface area contributed by atoms with Crippen molar-refractivity contribution in [2.75, 3.05) is 31.5 Å². The van der Waals surface area contributed by atoms with Crippen LogP contribution in [0.5, 0.6) is 0 Å². The first-order valence-electron chi connectivity index (χ1n) is 9.66. The largest absolute Gasteiger partial charge is 0.342 e. The molecule has 2 heterocycles. The van der Waals surface area contributed by atoms with Crippen molar-refractivity contribution >= 4 is 23.4 Å². The van der Waals surface area contributed by atoms with E-state index in [2.05, 4.69) is 11.9 Å². The van der Waals surface area contributed by atoms with Crippen molar-refractivity contribution in [2.24, 2.45) is 5.92 Å². The van der Waals surface area contributed by atoms with Gasteiger partial charge in [-0.1, -0.05) is 24.8 Å². The van der Waals surface area contributed by atoms with Crippen LogP contribution in [0.1, 0.15) is 31.2 Å². The van der Waals surface area contributed by atoms with Crippen LogP contribution in [0.15, 0.2) is 36.9 Å². The lowest BCUT2D eigenvalue weighted by Gasteiger charge is -2.33. The quantitative estimate of drug-likeness (QED) is 0.809. The molecule has 0 aliphatic carbocycles. The molecule has 3 rings (SSSR count). The number of amides is 3. The third-order valence-electron chi connectivity index (χ3n) is 5.42. The number of hydrogen-bond acceptors (Lipinski definition) is 3. The molecule has 144 valence electrons. The molecule has 2 aliphatic heterocycles. The van der Waals surface area contributed by atoms with E-state index in [0.29, 0.717) is 18.8 Å². The SMILES string of the molecule is C=CC(=O)Nc1ccccc1CC(=O)N1CCC(C(=O)N2CCCC2)CC1. The molecule has 2 saturated heterocycles. The summed E-state index contributed by atoms with van der Waals surface area (Å²) in [6.45, 7) is 6.44. The maximum Gasteiger partial charge on any atom is 0.247 e. The molecule has 0 bridgehead atoms. The number of nitrogens with zero attached hydrogens (tertiary/aromatic N) is 2. The first kappa shape index (κ1) is 19.1. The van der Waals surface area contributed by atoms with E-state index in [9.17, 15) is 14.4 Å². The maximum atomic E-state index is 12.7. The number of carbonyl (C=O) groups excluding carboxylic acids is 3. The number of hydrogen-bond donors (Lipinski definition) is 1. The Bertz CT molecular complexity index is 717. The highest BCUT2D eigenvalue weighted by Gasteiger charge is 2.31. The minimum Gasteiger partial charge on any atom is -0.342 e. The first-order valence-corrected chi connectivity index (χ1v) is 9.66. The lowest BCUT2D eigenvalue weighted by Crippen LogP contribution is -2.44. The predicted octanol–water partition coefficient (Wildman–Crippen LogP) is 2.21. The van der Waals surface area contributed by atoms with Crippen molar-refractivity contribution in [2.45, 2.75) is 32.1 Å². The second-order valence-electron chi connectivity index (χ2n) is 7.21. The zero-order valence-corrected chi connectivity index (χ0v) is 15.7.